The van der Waals surface area contributed by atoms with Crippen LogP contribution in [-0.2, 0) is 4.79 Å². The van der Waals surface area contributed by atoms with Crippen molar-refractivity contribution in [3.63, 3.8) is 0 Å². The Kier molecular flexibility index (Phi) is 4.17. The van der Waals surface area contributed by atoms with E-state index in [0.717, 1.165) is 23.1 Å². The van der Waals surface area contributed by atoms with Gasteiger partial charge in [0.15, 0.2) is 0 Å². The minimum Gasteiger partial charge on any atom is -0.295 e. The summed E-state index contributed by atoms with van der Waals surface area (Å²) in [5.41, 5.74) is 1.63. The highest BCUT2D eigenvalue weighted by molar-refractivity contribution is 7.98. The van der Waals surface area contributed by atoms with Gasteiger partial charge in [-0.2, -0.15) is 0 Å². The molecule has 1 aromatic heterocycles. The van der Waals surface area contributed by atoms with Crippen LogP contribution in [0.4, 0.5) is 0 Å². The van der Waals surface area contributed by atoms with Gasteiger partial charge in [-0.05, 0) is 6.07 Å². The van der Waals surface area contributed by atoms with Gasteiger partial charge in [-0.25, -0.2) is 9.97 Å². The molecule has 0 atom stereocenters. The summed E-state index contributed by atoms with van der Waals surface area (Å²) in [6.45, 7) is 1.45. The first-order valence-corrected chi connectivity index (χ1v) is 6.36. The van der Waals surface area contributed by atoms with Crippen molar-refractivity contribution >= 4 is 29.5 Å². The van der Waals surface area contributed by atoms with E-state index < -0.39 is 0 Å². The molecule has 0 saturated heterocycles. The lowest BCUT2D eigenvalue weighted by Gasteiger charge is -2.08. The lowest BCUT2D eigenvalue weighted by molar-refractivity contribution is -0.117. The largest absolute Gasteiger partial charge is 0.295 e. The lowest BCUT2D eigenvalue weighted by Crippen LogP contribution is -2.10. The maximum Gasteiger partial charge on any atom is 0.226 e. The molecule has 0 fully saturated rings. The Bertz CT molecular complexity index is 577. The number of carbonyl (C=O) groups is 1. The number of benzene rings is 1. The first-order valence-electron chi connectivity index (χ1n) is 5.17. The second kappa shape index (κ2) is 5.84. The van der Waals surface area contributed by atoms with Crippen molar-refractivity contribution in [3.05, 3.63) is 41.8 Å². The fraction of sp³-hybridized carbons (Fsp3) is 0.0833. The average molecular weight is 280 g/mol. The third-order valence-electron chi connectivity index (χ3n) is 2.13. The van der Waals surface area contributed by atoms with Gasteiger partial charge in [0.25, 0.3) is 0 Å². The summed E-state index contributed by atoms with van der Waals surface area (Å²) in [5, 5.41) is 1.28. The number of nitrogens with one attached hydrogen (secondary N) is 1. The summed E-state index contributed by atoms with van der Waals surface area (Å²) in [6.07, 6.45) is 3.11. The topological polar surface area (TPSA) is 54.9 Å². The molecule has 0 aliphatic carbocycles. The van der Waals surface area contributed by atoms with Gasteiger partial charge in [0.1, 0.15) is 11.4 Å². The molecule has 1 amide bonds. The molecule has 0 spiro atoms. The second-order valence-corrected chi connectivity index (χ2v) is 4.68. The third kappa shape index (κ3) is 3.00. The summed E-state index contributed by atoms with van der Waals surface area (Å²) in [5.74, 6) is -0.135. The molecular formula is C12H10ClN3OS. The van der Waals surface area contributed by atoms with Gasteiger partial charge in [-0.1, -0.05) is 29.8 Å². The van der Waals surface area contributed by atoms with Crippen molar-refractivity contribution < 1.29 is 4.79 Å². The van der Waals surface area contributed by atoms with Gasteiger partial charge in [0, 0.05) is 41.2 Å². The molecule has 0 unspecified atom stereocenters. The maximum atomic E-state index is 10.9. The van der Waals surface area contributed by atoms with Crippen LogP contribution in [0.2, 0.25) is 5.02 Å². The Balaban J connectivity index is 2.39. The average Bonchev–Trinajstić information content (AvgIpc) is 2.37. The third-order valence-corrected chi connectivity index (χ3v) is 3.37. The van der Waals surface area contributed by atoms with Crippen LogP contribution in [0.5, 0.6) is 0 Å². The number of halogens is 1. The van der Waals surface area contributed by atoms with E-state index in [2.05, 4.69) is 14.7 Å². The molecule has 18 heavy (non-hydrogen) atoms. The van der Waals surface area contributed by atoms with E-state index in [1.54, 1.807) is 12.3 Å². The first-order chi connectivity index (χ1) is 8.68. The molecule has 0 bridgehead atoms. The summed E-state index contributed by atoms with van der Waals surface area (Å²) >= 11 is 7.29. The van der Waals surface area contributed by atoms with Crippen molar-refractivity contribution in [1.29, 1.82) is 0 Å². The zero-order valence-corrected chi connectivity index (χ0v) is 11.1. The van der Waals surface area contributed by atoms with Crippen molar-refractivity contribution in [2.24, 2.45) is 0 Å². The number of amides is 1. The maximum absolute atomic E-state index is 10.9. The van der Waals surface area contributed by atoms with E-state index in [4.69, 9.17) is 11.6 Å². The Morgan fingerprint density at radius 2 is 2.11 bits per heavy atom. The monoisotopic (exact) mass is 279 g/mol. The number of carbonyl (C=O) groups excluding carboxylic acids is 1. The molecule has 0 radical (unpaired) electrons. The first kappa shape index (κ1) is 12.9. The summed E-state index contributed by atoms with van der Waals surface area (Å²) < 4.78 is 2.64. The number of hydrogen-bond acceptors (Lipinski definition) is 4. The zero-order chi connectivity index (χ0) is 13.0. The molecular weight excluding hydrogens is 270 g/mol. The molecule has 2 rings (SSSR count). The van der Waals surface area contributed by atoms with E-state index >= 15 is 0 Å². The number of aromatic nitrogens is 2. The van der Waals surface area contributed by atoms with Crippen LogP contribution in [0.3, 0.4) is 0 Å². The Hall–Kier alpha value is -1.59. The molecule has 1 aromatic carbocycles. The zero-order valence-electron chi connectivity index (χ0n) is 9.55. The highest BCUT2D eigenvalue weighted by Gasteiger charge is 2.10. The quantitative estimate of drug-likeness (QED) is 0.693. The predicted molar refractivity (Wildman–Crippen MR) is 72.2 cm³/mol. The molecule has 0 saturated carbocycles. The van der Waals surface area contributed by atoms with Crippen LogP contribution >= 0.6 is 23.5 Å². The van der Waals surface area contributed by atoms with Crippen LogP contribution in [0.25, 0.3) is 11.1 Å². The van der Waals surface area contributed by atoms with Gasteiger partial charge in [0.05, 0.1) is 0 Å². The van der Waals surface area contributed by atoms with Crippen molar-refractivity contribution in [3.8, 4) is 11.1 Å². The van der Waals surface area contributed by atoms with E-state index in [-0.39, 0.29) is 5.91 Å². The van der Waals surface area contributed by atoms with Crippen molar-refractivity contribution in [2.45, 2.75) is 11.9 Å². The molecule has 4 nitrogen and oxygen atoms in total. The minimum absolute atomic E-state index is 0.135. The fourth-order valence-corrected chi connectivity index (χ4v) is 2.23. The molecule has 0 aliphatic rings. The van der Waals surface area contributed by atoms with E-state index in [9.17, 15) is 4.79 Å². The van der Waals surface area contributed by atoms with Crippen LogP contribution in [0, 0.1) is 0 Å². The van der Waals surface area contributed by atoms with Crippen molar-refractivity contribution in [1.82, 2.24) is 14.7 Å². The molecule has 2 aromatic rings. The van der Waals surface area contributed by atoms with Crippen LogP contribution in [-0.4, -0.2) is 15.9 Å². The van der Waals surface area contributed by atoms with Gasteiger partial charge < -0.3 is 0 Å². The summed E-state index contributed by atoms with van der Waals surface area (Å²) in [6, 6.07) is 7.44. The van der Waals surface area contributed by atoms with Gasteiger partial charge in [-0.15, -0.1) is 0 Å². The van der Waals surface area contributed by atoms with Crippen LogP contribution < -0.4 is 4.72 Å². The Labute approximate surface area is 114 Å². The van der Waals surface area contributed by atoms with Gasteiger partial charge in [-0.3, -0.25) is 9.52 Å². The molecule has 6 heteroatoms. The highest BCUT2D eigenvalue weighted by Crippen LogP contribution is 2.32. The van der Waals surface area contributed by atoms with E-state index in [1.165, 1.54) is 13.3 Å². The number of hydrogen-bond donors (Lipinski definition) is 1. The normalized spacial score (nSPS) is 10.1. The van der Waals surface area contributed by atoms with Crippen molar-refractivity contribution in [2.75, 3.05) is 0 Å². The minimum atomic E-state index is -0.135. The lowest BCUT2D eigenvalue weighted by atomic mass is 10.1. The summed E-state index contributed by atoms with van der Waals surface area (Å²) in [7, 11) is 0. The van der Waals surface area contributed by atoms with E-state index in [0.29, 0.717) is 10.0 Å². The predicted octanol–water partition coefficient (Wildman–Crippen LogP) is 2.94. The van der Waals surface area contributed by atoms with Gasteiger partial charge in [0.2, 0.25) is 5.91 Å². The number of nitrogens with zero attached hydrogens (tertiary/aromatic N) is 2. The second-order valence-electron chi connectivity index (χ2n) is 3.48. The van der Waals surface area contributed by atoms with Crippen LogP contribution in [0.1, 0.15) is 6.92 Å². The number of rotatable bonds is 3. The van der Waals surface area contributed by atoms with E-state index in [1.807, 2.05) is 18.2 Å². The molecule has 92 valence electrons. The SMILES string of the molecule is CC(=O)NSc1ncncc1-c1ccccc1Cl. The fourth-order valence-electron chi connectivity index (χ4n) is 1.38. The highest BCUT2D eigenvalue weighted by atomic mass is 35.5. The molecule has 1 heterocycles. The Morgan fingerprint density at radius 3 is 2.83 bits per heavy atom. The smallest absolute Gasteiger partial charge is 0.226 e. The Morgan fingerprint density at radius 1 is 1.33 bits per heavy atom. The van der Waals surface area contributed by atoms with Gasteiger partial charge >= 0.3 is 0 Å². The molecule has 0 aliphatic heterocycles. The molecule has 1 N–H and O–H groups in total. The summed E-state index contributed by atoms with van der Waals surface area (Å²) in [4.78, 5) is 19.1. The standard InChI is InChI=1S/C12H10ClN3OS/c1-8(17)16-18-12-10(6-14-7-15-12)9-4-2-3-5-11(9)13/h2-7H,1H3,(H,16,17). The van der Waals surface area contributed by atoms with Crippen LogP contribution in [0.15, 0.2) is 41.8 Å².